The van der Waals surface area contributed by atoms with Crippen molar-refractivity contribution in [3.63, 3.8) is 0 Å². The minimum atomic E-state index is 0.301. The Morgan fingerprint density at radius 1 is 1.38 bits per heavy atom. The number of carbonyl (C=O) groups excluding carboxylic acids is 1. The predicted molar refractivity (Wildman–Crippen MR) is 51.1 cm³/mol. The molecule has 74 valence electrons. The van der Waals surface area contributed by atoms with Crippen LogP contribution in [0.4, 0.5) is 0 Å². The Morgan fingerprint density at radius 3 is 2.92 bits per heavy atom. The van der Waals surface area contributed by atoms with Gasteiger partial charge in [-0.3, -0.25) is 4.79 Å². The molecule has 0 aromatic carbocycles. The Kier molecular flexibility index (Phi) is 2.28. The maximum Gasteiger partial charge on any atom is 0.222 e. The van der Waals surface area contributed by atoms with Gasteiger partial charge in [0.15, 0.2) is 0 Å². The smallest absolute Gasteiger partial charge is 0.222 e. The number of nitrogens with two attached hydrogens (primary N) is 1. The first-order chi connectivity index (χ1) is 6.16. The van der Waals surface area contributed by atoms with Crippen LogP contribution in [-0.4, -0.2) is 30.4 Å². The number of likely N-dealkylation sites (tertiary alicyclic amines) is 1. The minimum absolute atomic E-state index is 0.301. The van der Waals surface area contributed by atoms with Crippen molar-refractivity contribution in [3.8, 4) is 0 Å². The molecule has 2 N–H and O–H groups in total. The fourth-order valence-corrected chi connectivity index (χ4v) is 2.69. The Balaban J connectivity index is 2.02. The summed E-state index contributed by atoms with van der Waals surface area (Å²) in [7, 11) is 1.91. The van der Waals surface area contributed by atoms with Crippen LogP contribution in [0.1, 0.15) is 25.7 Å². The zero-order chi connectivity index (χ0) is 9.42. The molecule has 1 amide bonds. The van der Waals surface area contributed by atoms with Crippen LogP contribution in [0.15, 0.2) is 0 Å². The Morgan fingerprint density at radius 2 is 2.15 bits per heavy atom. The van der Waals surface area contributed by atoms with E-state index in [1.807, 2.05) is 11.9 Å². The standard InChI is InChI=1S/C10H18N2O/c1-12-6-7-2-3-9(11)4-8(7)5-10(12)13/h7-9H,2-6,11H2,1H3/t7-,8+,9-/m1/s1. The van der Waals surface area contributed by atoms with Gasteiger partial charge in [0.1, 0.15) is 0 Å². The van der Waals surface area contributed by atoms with Crippen molar-refractivity contribution in [3.05, 3.63) is 0 Å². The zero-order valence-electron chi connectivity index (χ0n) is 8.20. The quantitative estimate of drug-likeness (QED) is 0.596. The molecule has 1 aliphatic carbocycles. The monoisotopic (exact) mass is 182 g/mol. The SMILES string of the molecule is CN1C[C@H]2CC[C@@H](N)C[C@H]2CC1=O. The fourth-order valence-electron chi connectivity index (χ4n) is 2.69. The van der Waals surface area contributed by atoms with E-state index in [1.54, 1.807) is 0 Å². The number of hydrogen-bond acceptors (Lipinski definition) is 2. The molecule has 0 radical (unpaired) electrons. The molecule has 0 unspecified atom stereocenters. The summed E-state index contributed by atoms with van der Waals surface area (Å²) in [6, 6.07) is 0.345. The van der Waals surface area contributed by atoms with Crippen LogP contribution in [-0.2, 0) is 4.79 Å². The number of rotatable bonds is 0. The van der Waals surface area contributed by atoms with E-state index in [-0.39, 0.29) is 0 Å². The van der Waals surface area contributed by atoms with Crippen molar-refractivity contribution in [2.75, 3.05) is 13.6 Å². The summed E-state index contributed by atoms with van der Waals surface area (Å²) >= 11 is 0. The van der Waals surface area contributed by atoms with Crippen LogP contribution in [0.25, 0.3) is 0 Å². The van der Waals surface area contributed by atoms with E-state index in [0.29, 0.717) is 17.9 Å². The van der Waals surface area contributed by atoms with Crippen molar-refractivity contribution >= 4 is 5.91 Å². The highest BCUT2D eigenvalue weighted by Gasteiger charge is 2.35. The maximum absolute atomic E-state index is 11.4. The van der Waals surface area contributed by atoms with Gasteiger partial charge in [-0.1, -0.05) is 0 Å². The van der Waals surface area contributed by atoms with Gasteiger partial charge >= 0.3 is 0 Å². The molecule has 1 aliphatic heterocycles. The van der Waals surface area contributed by atoms with Crippen LogP contribution in [0.5, 0.6) is 0 Å². The Hall–Kier alpha value is -0.570. The third-order valence-electron chi connectivity index (χ3n) is 3.55. The molecule has 0 aromatic rings. The molecule has 0 bridgehead atoms. The van der Waals surface area contributed by atoms with Crippen molar-refractivity contribution in [1.29, 1.82) is 0 Å². The highest BCUT2D eigenvalue weighted by molar-refractivity contribution is 5.77. The third kappa shape index (κ3) is 1.70. The summed E-state index contributed by atoms with van der Waals surface area (Å²) in [4.78, 5) is 13.3. The van der Waals surface area contributed by atoms with Gasteiger partial charge in [-0.2, -0.15) is 0 Å². The predicted octanol–water partition coefficient (Wildman–Crippen LogP) is 0.592. The van der Waals surface area contributed by atoms with E-state index in [0.717, 1.165) is 31.7 Å². The molecular weight excluding hydrogens is 164 g/mol. The van der Waals surface area contributed by atoms with E-state index < -0.39 is 0 Å². The molecule has 0 aromatic heterocycles. The highest BCUT2D eigenvalue weighted by Crippen LogP contribution is 2.35. The summed E-state index contributed by atoms with van der Waals surface area (Å²) in [5.41, 5.74) is 5.90. The lowest BCUT2D eigenvalue weighted by atomic mass is 9.73. The second-order valence-electron chi connectivity index (χ2n) is 4.57. The summed E-state index contributed by atoms with van der Waals surface area (Å²) in [6.07, 6.45) is 4.14. The Bertz CT molecular complexity index is 217. The molecule has 2 fully saturated rings. The van der Waals surface area contributed by atoms with Gasteiger partial charge in [-0.15, -0.1) is 0 Å². The molecule has 1 heterocycles. The molecule has 1 saturated carbocycles. The number of fused-ring (bicyclic) bond motifs is 1. The summed E-state index contributed by atoms with van der Waals surface area (Å²) in [6.45, 7) is 0.955. The van der Waals surface area contributed by atoms with Crippen LogP contribution in [0, 0.1) is 11.8 Å². The minimum Gasteiger partial charge on any atom is -0.345 e. The van der Waals surface area contributed by atoms with Gasteiger partial charge < -0.3 is 10.6 Å². The summed E-state index contributed by atoms with van der Waals surface area (Å²) < 4.78 is 0. The van der Waals surface area contributed by atoms with Gasteiger partial charge in [0.25, 0.3) is 0 Å². The van der Waals surface area contributed by atoms with Gasteiger partial charge in [0, 0.05) is 26.1 Å². The average molecular weight is 182 g/mol. The maximum atomic E-state index is 11.4. The van der Waals surface area contributed by atoms with Crippen molar-refractivity contribution in [2.45, 2.75) is 31.7 Å². The van der Waals surface area contributed by atoms with Gasteiger partial charge in [-0.05, 0) is 31.1 Å². The van der Waals surface area contributed by atoms with Gasteiger partial charge in [-0.25, -0.2) is 0 Å². The first kappa shape index (κ1) is 9.00. The van der Waals surface area contributed by atoms with E-state index in [4.69, 9.17) is 5.73 Å². The first-order valence-corrected chi connectivity index (χ1v) is 5.16. The lowest BCUT2D eigenvalue weighted by Gasteiger charge is -2.41. The molecule has 2 aliphatic rings. The number of hydrogen-bond donors (Lipinski definition) is 1. The van der Waals surface area contributed by atoms with E-state index in [1.165, 1.54) is 6.42 Å². The average Bonchev–Trinajstić information content (AvgIpc) is 2.08. The van der Waals surface area contributed by atoms with Crippen molar-refractivity contribution in [2.24, 2.45) is 17.6 Å². The van der Waals surface area contributed by atoms with E-state index in [2.05, 4.69) is 0 Å². The first-order valence-electron chi connectivity index (χ1n) is 5.16. The number of piperidine rings is 1. The van der Waals surface area contributed by atoms with E-state index >= 15 is 0 Å². The molecule has 0 spiro atoms. The molecular formula is C10H18N2O. The van der Waals surface area contributed by atoms with Gasteiger partial charge in [0.2, 0.25) is 5.91 Å². The second-order valence-corrected chi connectivity index (χ2v) is 4.57. The fraction of sp³-hybridized carbons (Fsp3) is 0.900. The molecule has 3 atom stereocenters. The molecule has 3 nitrogen and oxygen atoms in total. The zero-order valence-corrected chi connectivity index (χ0v) is 8.20. The third-order valence-corrected chi connectivity index (χ3v) is 3.55. The molecule has 13 heavy (non-hydrogen) atoms. The normalized spacial score (nSPS) is 40.3. The number of amides is 1. The number of carbonyl (C=O) groups is 1. The lowest BCUT2D eigenvalue weighted by Crippen LogP contribution is -2.46. The van der Waals surface area contributed by atoms with Crippen LogP contribution in [0.3, 0.4) is 0 Å². The van der Waals surface area contributed by atoms with Crippen LogP contribution >= 0.6 is 0 Å². The second kappa shape index (κ2) is 3.29. The van der Waals surface area contributed by atoms with Gasteiger partial charge in [0.05, 0.1) is 0 Å². The summed E-state index contributed by atoms with van der Waals surface area (Å²) in [5, 5.41) is 0. The molecule has 3 heteroatoms. The van der Waals surface area contributed by atoms with Crippen molar-refractivity contribution < 1.29 is 4.79 Å². The largest absolute Gasteiger partial charge is 0.345 e. The van der Waals surface area contributed by atoms with Crippen LogP contribution in [0.2, 0.25) is 0 Å². The molecule has 2 rings (SSSR count). The van der Waals surface area contributed by atoms with E-state index in [9.17, 15) is 4.79 Å². The number of nitrogens with zero attached hydrogens (tertiary/aromatic N) is 1. The van der Waals surface area contributed by atoms with Crippen molar-refractivity contribution in [1.82, 2.24) is 4.90 Å². The Labute approximate surface area is 79.3 Å². The topological polar surface area (TPSA) is 46.3 Å². The van der Waals surface area contributed by atoms with Crippen LogP contribution < -0.4 is 5.73 Å². The molecule has 1 saturated heterocycles. The summed E-state index contributed by atoms with van der Waals surface area (Å²) in [5.74, 6) is 1.60. The lowest BCUT2D eigenvalue weighted by molar-refractivity contribution is -0.136. The highest BCUT2D eigenvalue weighted by atomic mass is 16.2.